The van der Waals surface area contributed by atoms with Gasteiger partial charge in [-0.3, -0.25) is 0 Å². The Hall–Kier alpha value is -0.0800. The first-order valence-corrected chi connectivity index (χ1v) is 10.7. The van der Waals surface area contributed by atoms with Gasteiger partial charge in [-0.2, -0.15) is 8.42 Å². The first-order chi connectivity index (χ1) is 10.1. The van der Waals surface area contributed by atoms with E-state index in [9.17, 15) is 4.57 Å². The van der Waals surface area contributed by atoms with Crippen molar-refractivity contribution in [2.45, 2.75) is 79.1 Å². The molecule has 0 heterocycles. The van der Waals surface area contributed by atoms with Crippen LogP contribution in [0.1, 0.15) is 79.1 Å². The van der Waals surface area contributed by atoms with Crippen molar-refractivity contribution < 1.29 is 13.0 Å². The summed E-state index contributed by atoms with van der Waals surface area (Å²) in [5.41, 5.74) is 0. The molecular formula is C16H34O3PS+. The number of unbranched alkanes of at least 4 members (excludes halogenated alkanes) is 2. The predicted molar refractivity (Wildman–Crippen MR) is 92.9 cm³/mol. The summed E-state index contributed by atoms with van der Waals surface area (Å²) in [4.78, 5) is 0. The zero-order chi connectivity index (χ0) is 16.5. The van der Waals surface area contributed by atoms with Gasteiger partial charge < -0.3 is 0 Å². The van der Waals surface area contributed by atoms with Crippen molar-refractivity contribution in [1.82, 2.24) is 0 Å². The molecule has 0 saturated carbocycles. The van der Waals surface area contributed by atoms with Crippen LogP contribution in [0.5, 0.6) is 0 Å². The van der Waals surface area contributed by atoms with Crippen molar-refractivity contribution in [2.75, 3.05) is 12.3 Å². The molecule has 0 aromatic heterocycles. The third kappa shape index (κ3) is 16.1. The second-order valence-electron chi connectivity index (χ2n) is 5.75. The van der Waals surface area contributed by atoms with Gasteiger partial charge in [0.1, 0.15) is 12.3 Å². The Labute approximate surface area is 136 Å². The summed E-state index contributed by atoms with van der Waals surface area (Å²) < 4.78 is 28.8. The fraction of sp³-hybridized carbons (Fsp3) is 1.00. The van der Waals surface area contributed by atoms with Crippen LogP contribution in [0.25, 0.3) is 0 Å². The fourth-order valence-corrected chi connectivity index (χ4v) is 4.67. The number of rotatable bonds is 12. The number of hydrogen-bond acceptors (Lipinski definition) is 3. The van der Waals surface area contributed by atoms with Crippen LogP contribution in [0.3, 0.4) is 0 Å². The van der Waals surface area contributed by atoms with Gasteiger partial charge >= 0.3 is 19.4 Å². The molecule has 0 rings (SSSR count). The zero-order valence-corrected chi connectivity index (χ0v) is 16.0. The summed E-state index contributed by atoms with van der Waals surface area (Å²) in [5.74, 6) is 1.41. The summed E-state index contributed by atoms with van der Waals surface area (Å²) in [6, 6.07) is 0. The maximum absolute atomic E-state index is 12.3. The van der Waals surface area contributed by atoms with Crippen molar-refractivity contribution >= 4 is 19.4 Å². The highest BCUT2D eigenvalue weighted by molar-refractivity contribution is 7.51. The minimum absolute atomic E-state index is 0.706. The lowest BCUT2D eigenvalue weighted by atomic mass is 10.0. The SMILES string of the molecule is CCCCC(CC)C[P+](=O)CC(CC)CCCC.O=S=O. The van der Waals surface area contributed by atoms with E-state index in [1.807, 2.05) is 0 Å². The molecular weight excluding hydrogens is 303 g/mol. The second kappa shape index (κ2) is 18.0. The lowest BCUT2D eigenvalue weighted by Gasteiger charge is -2.11. The van der Waals surface area contributed by atoms with Crippen LogP contribution in [-0.2, 0) is 16.1 Å². The normalized spacial score (nSPS) is 13.8. The molecule has 0 radical (unpaired) electrons. The monoisotopic (exact) mass is 337 g/mol. The molecule has 0 N–H and O–H groups in total. The molecule has 0 fully saturated rings. The van der Waals surface area contributed by atoms with Crippen molar-refractivity contribution in [1.29, 1.82) is 0 Å². The summed E-state index contributed by atoms with van der Waals surface area (Å²) in [6.45, 7) is 8.98. The highest BCUT2D eigenvalue weighted by Gasteiger charge is 2.25. The molecule has 5 heteroatoms. The van der Waals surface area contributed by atoms with E-state index in [0.29, 0.717) is 11.8 Å². The van der Waals surface area contributed by atoms with E-state index in [-0.39, 0.29) is 0 Å². The third-order valence-corrected chi connectivity index (χ3v) is 5.86. The average molecular weight is 337 g/mol. The summed E-state index contributed by atoms with van der Waals surface area (Å²) in [5, 5.41) is 0. The van der Waals surface area contributed by atoms with Crippen LogP contribution in [-0.4, -0.2) is 20.7 Å². The standard InChI is InChI=1S/C16H34OP.O2S/c1-5-9-11-15(7-3)13-18(17)14-16(8-4)12-10-6-2;1-3-2/h15-16H,5-14H2,1-4H3;/q+1;. The lowest BCUT2D eigenvalue weighted by molar-refractivity contribution is 0.470. The van der Waals surface area contributed by atoms with Gasteiger partial charge in [0.05, 0.1) is 0 Å². The molecule has 2 atom stereocenters. The Balaban J connectivity index is 0. The predicted octanol–water partition coefficient (Wildman–Crippen LogP) is 5.58. The molecule has 0 aliphatic carbocycles. The largest absolute Gasteiger partial charge is 0.339 e. The molecule has 0 aromatic carbocycles. The number of hydrogen-bond donors (Lipinski definition) is 0. The van der Waals surface area contributed by atoms with Crippen LogP contribution in [0, 0.1) is 11.8 Å². The molecule has 0 bridgehead atoms. The molecule has 0 aliphatic rings. The quantitative estimate of drug-likeness (QED) is 0.437. The maximum atomic E-state index is 12.3. The highest BCUT2D eigenvalue weighted by Crippen LogP contribution is 2.33. The molecule has 0 saturated heterocycles. The summed E-state index contributed by atoms with van der Waals surface area (Å²) >= 11 is -0.750. The first kappa shape index (κ1) is 23.2. The second-order valence-corrected chi connectivity index (χ2v) is 7.58. The smallest absolute Gasteiger partial charge is 0.168 e. The van der Waals surface area contributed by atoms with E-state index in [4.69, 9.17) is 8.42 Å². The van der Waals surface area contributed by atoms with Gasteiger partial charge in [-0.25, -0.2) is 0 Å². The van der Waals surface area contributed by atoms with Gasteiger partial charge in [0.2, 0.25) is 0 Å². The van der Waals surface area contributed by atoms with Crippen molar-refractivity contribution in [3.63, 3.8) is 0 Å². The Kier molecular flexibility index (Phi) is 19.8. The first-order valence-electron chi connectivity index (χ1n) is 8.43. The molecule has 0 aromatic rings. The van der Waals surface area contributed by atoms with Crippen LogP contribution in [0.4, 0.5) is 0 Å². The van der Waals surface area contributed by atoms with Crippen LogP contribution >= 0.6 is 7.80 Å². The molecule has 21 heavy (non-hydrogen) atoms. The van der Waals surface area contributed by atoms with E-state index in [1.54, 1.807) is 0 Å². The lowest BCUT2D eigenvalue weighted by Crippen LogP contribution is -2.07. The highest BCUT2D eigenvalue weighted by atomic mass is 32.1. The van der Waals surface area contributed by atoms with Crippen molar-refractivity contribution in [3.8, 4) is 0 Å². The molecule has 0 spiro atoms. The van der Waals surface area contributed by atoms with Crippen LogP contribution < -0.4 is 0 Å². The van der Waals surface area contributed by atoms with Gasteiger partial charge in [-0.1, -0.05) is 57.9 Å². The van der Waals surface area contributed by atoms with E-state index in [2.05, 4.69) is 27.7 Å². The van der Waals surface area contributed by atoms with Crippen LogP contribution in [0.2, 0.25) is 0 Å². The Morgan fingerprint density at radius 1 is 0.810 bits per heavy atom. The van der Waals surface area contributed by atoms with Crippen molar-refractivity contribution in [2.24, 2.45) is 11.8 Å². The third-order valence-electron chi connectivity index (χ3n) is 4.01. The van der Waals surface area contributed by atoms with E-state index in [1.165, 1.54) is 51.4 Å². The van der Waals surface area contributed by atoms with E-state index >= 15 is 0 Å². The van der Waals surface area contributed by atoms with Gasteiger partial charge in [-0.15, -0.1) is 0 Å². The Morgan fingerprint density at radius 2 is 1.14 bits per heavy atom. The van der Waals surface area contributed by atoms with Gasteiger partial charge in [0.25, 0.3) is 0 Å². The van der Waals surface area contributed by atoms with E-state index < -0.39 is 19.4 Å². The summed E-state index contributed by atoms with van der Waals surface area (Å²) in [6.07, 6.45) is 12.0. The summed E-state index contributed by atoms with van der Waals surface area (Å²) in [7, 11) is -0.954. The Morgan fingerprint density at radius 3 is 1.38 bits per heavy atom. The zero-order valence-electron chi connectivity index (χ0n) is 14.3. The molecule has 0 amide bonds. The molecule has 3 nitrogen and oxygen atoms in total. The maximum Gasteiger partial charge on any atom is 0.339 e. The fourth-order valence-electron chi connectivity index (χ4n) is 2.49. The molecule has 126 valence electrons. The minimum atomic E-state index is -0.954. The van der Waals surface area contributed by atoms with Gasteiger partial charge in [0, 0.05) is 11.8 Å². The Bertz CT molecular complexity index is 259. The van der Waals surface area contributed by atoms with E-state index in [0.717, 1.165) is 12.3 Å². The topological polar surface area (TPSA) is 51.2 Å². The minimum Gasteiger partial charge on any atom is -0.168 e. The molecule has 2 unspecified atom stereocenters. The average Bonchev–Trinajstić information content (AvgIpc) is 2.48. The van der Waals surface area contributed by atoms with Gasteiger partial charge in [0.15, 0.2) is 0 Å². The van der Waals surface area contributed by atoms with Crippen molar-refractivity contribution in [3.05, 3.63) is 0 Å². The molecule has 0 aliphatic heterocycles. The van der Waals surface area contributed by atoms with Crippen LogP contribution in [0.15, 0.2) is 0 Å². The van der Waals surface area contributed by atoms with Gasteiger partial charge in [-0.05, 0) is 25.7 Å².